The maximum absolute atomic E-state index is 12.4. The summed E-state index contributed by atoms with van der Waals surface area (Å²) in [6, 6.07) is 12.0. The summed E-state index contributed by atoms with van der Waals surface area (Å²) in [7, 11) is 1.64. The van der Waals surface area contributed by atoms with Gasteiger partial charge in [0.2, 0.25) is 5.95 Å². The molecule has 3 rings (SSSR count). The highest BCUT2D eigenvalue weighted by Crippen LogP contribution is 2.24. The van der Waals surface area contributed by atoms with Gasteiger partial charge in [0.25, 0.3) is 5.91 Å². The number of methoxy groups -OCH3 is 1. The van der Waals surface area contributed by atoms with Crippen molar-refractivity contribution in [1.29, 1.82) is 0 Å². The lowest BCUT2D eigenvalue weighted by Crippen LogP contribution is -2.26. The Balaban J connectivity index is 1.59. The molecule has 0 atom stereocenters. The van der Waals surface area contributed by atoms with Crippen LogP contribution in [0.25, 0.3) is 0 Å². The number of hydrogen-bond donors (Lipinski definition) is 2. The summed E-state index contributed by atoms with van der Waals surface area (Å²) in [5.41, 5.74) is 5.94. The largest absolute Gasteiger partial charge is 0.496 e. The fourth-order valence-corrected chi connectivity index (χ4v) is 3.32. The molecule has 0 saturated carbocycles. The molecule has 0 bridgehead atoms. The summed E-state index contributed by atoms with van der Waals surface area (Å²) in [6.07, 6.45) is 3.75. The van der Waals surface area contributed by atoms with Crippen molar-refractivity contribution < 1.29 is 9.53 Å². The minimum Gasteiger partial charge on any atom is -0.496 e. The molecular formula is C23H26N4O2. The average molecular weight is 390 g/mol. The zero-order chi connectivity index (χ0) is 20.8. The van der Waals surface area contributed by atoms with E-state index in [1.165, 1.54) is 18.0 Å². The van der Waals surface area contributed by atoms with Crippen LogP contribution < -0.4 is 15.4 Å². The van der Waals surface area contributed by atoms with Gasteiger partial charge in [0, 0.05) is 24.6 Å². The summed E-state index contributed by atoms with van der Waals surface area (Å²) >= 11 is 0. The monoisotopic (exact) mass is 390 g/mol. The number of carbonyl (C=O) groups excluding carboxylic acids is 1. The van der Waals surface area contributed by atoms with Gasteiger partial charge in [-0.1, -0.05) is 35.9 Å². The first-order valence-electron chi connectivity index (χ1n) is 9.55. The van der Waals surface area contributed by atoms with E-state index in [1.807, 2.05) is 38.1 Å². The number of ether oxygens (including phenoxy) is 1. The molecule has 1 amide bonds. The normalized spacial score (nSPS) is 10.5. The van der Waals surface area contributed by atoms with Crippen LogP contribution in [0.1, 0.15) is 32.6 Å². The number of benzene rings is 2. The first kappa shape index (κ1) is 20.3. The zero-order valence-corrected chi connectivity index (χ0v) is 17.2. The molecule has 1 aromatic heterocycles. The van der Waals surface area contributed by atoms with Crippen LogP contribution in [0.5, 0.6) is 5.75 Å². The van der Waals surface area contributed by atoms with Crippen molar-refractivity contribution in [3.63, 3.8) is 0 Å². The van der Waals surface area contributed by atoms with E-state index in [0.717, 1.165) is 28.1 Å². The number of anilines is 2. The number of aromatic nitrogens is 2. The third-order valence-corrected chi connectivity index (χ3v) is 4.70. The predicted octanol–water partition coefficient (Wildman–Crippen LogP) is 4.13. The maximum atomic E-state index is 12.4. The quantitative estimate of drug-likeness (QED) is 0.634. The number of carbonyl (C=O) groups is 1. The molecule has 6 heteroatoms. The van der Waals surface area contributed by atoms with E-state index in [-0.39, 0.29) is 5.91 Å². The number of para-hydroxylation sites is 1. The Morgan fingerprint density at radius 3 is 2.34 bits per heavy atom. The van der Waals surface area contributed by atoms with Crippen LogP contribution in [-0.2, 0) is 6.42 Å². The Kier molecular flexibility index (Phi) is 6.44. The van der Waals surface area contributed by atoms with Gasteiger partial charge in [-0.2, -0.15) is 0 Å². The van der Waals surface area contributed by atoms with Crippen molar-refractivity contribution in [2.45, 2.75) is 27.2 Å². The molecule has 1 heterocycles. The van der Waals surface area contributed by atoms with E-state index in [4.69, 9.17) is 4.74 Å². The maximum Gasteiger partial charge on any atom is 0.254 e. The van der Waals surface area contributed by atoms with Crippen molar-refractivity contribution >= 4 is 17.5 Å². The standard InChI is InChI=1S/C23H26N4O2/c1-15-11-16(2)21(17(3)12-15)27-23-25-13-19(14-26-23)22(28)24-10-9-18-7-5-6-8-20(18)29-4/h5-8,11-14H,9-10H2,1-4H3,(H,24,28)(H,25,26,27). The number of nitrogens with zero attached hydrogens (tertiary/aromatic N) is 2. The molecular weight excluding hydrogens is 364 g/mol. The third kappa shape index (κ3) is 5.10. The highest BCUT2D eigenvalue weighted by atomic mass is 16.5. The van der Waals surface area contributed by atoms with Crippen LogP contribution in [-0.4, -0.2) is 29.5 Å². The van der Waals surface area contributed by atoms with Gasteiger partial charge in [-0.15, -0.1) is 0 Å². The van der Waals surface area contributed by atoms with Crippen LogP contribution in [0.15, 0.2) is 48.8 Å². The highest BCUT2D eigenvalue weighted by molar-refractivity contribution is 5.93. The van der Waals surface area contributed by atoms with Gasteiger partial charge in [-0.3, -0.25) is 4.79 Å². The molecule has 0 aliphatic heterocycles. The molecule has 2 aromatic carbocycles. The van der Waals surface area contributed by atoms with E-state index >= 15 is 0 Å². The summed E-state index contributed by atoms with van der Waals surface area (Å²) in [6.45, 7) is 6.67. The molecule has 0 aliphatic carbocycles. The van der Waals surface area contributed by atoms with Crippen molar-refractivity contribution in [2.24, 2.45) is 0 Å². The second kappa shape index (κ2) is 9.19. The summed E-state index contributed by atoms with van der Waals surface area (Å²) in [5.74, 6) is 1.09. The highest BCUT2D eigenvalue weighted by Gasteiger charge is 2.10. The van der Waals surface area contributed by atoms with Crippen molar-refractivity contribution in [3.05, 3.63) is 76.6 Å². The Bertz CT molecular complexity index is 977. The molecule has 0 unspecified atom stereocenters. The van der Waals surface area contributed by atoms with Gasteiger partial charge < -0.3 is 15.4 Å². The minimum absolute atomic E-state index is 0.200. The van der Waals surface area contributed by atoms with Crippen LogP contribution >= 0.6 is 0 Å². The number of nitrogens with one attached hydrogen (secondary N) is 2. The Morgan fingerprint density at radius 2 is 1.69 bits per heavy atom. The number of aryl methyl sites for hydroxylation is 3. The first-order valence-corrected chi connectivity index (χ1v) is 9.55. The molecule has 0 spiro atoms. The SMILES string of the molecule is COc1ccccc1CCNC(=O)c1cnc(Nc2c(C)cc(C)cc2C)nc1. The molecule has 0 radical (unpaired) electrons. The fraction of sp³-hybridized carbons (Fsp3) is 0.261. The predicted molar refractivity (Wildman–Crippen MR) is 115 cm³/mol. The Labute approximate surface area is 171 Å². The van der Waals surface area contributed by atoms with Gasteiger partial charge in [-0.05, 0) is 49.9 Å². The first-order chi connectivity index (χ1) is 14.0. The number of amides is 1. The van der Waals surface area contributed by atoms with Crippen LogP contribution in [0, 0.1) is 20.8 Å². The van der Waals surface area contributed by atoms with Crippen molar-refractivity contribution in [3.8, 4) is 5.75 Å². The molecule has 150 valence electrons. The lowest BCUT2D eigenvalue weighted by Gasteiger charge is -2.13. The fourth-order valence-electron chi connectivity index (χ4n) is 3.32. The van der Waals surface area contributed by atoms with E-state index in [0.29, 0.717) is 24.5 Å². The molecule has 0 saturated heterocycles. The molecule has 3 aromatic rings. The van der Waals surface area contributed by atoms with Crippen molar-refractivity contribution in [1.82, 2.24) is 15.3 Å². The summed E-state index contributed by atoms with van der Waals surface area (Å²) in [5, 5.41) is 6.14. The van der Waals surface area contributed by atoms with E-state index in [2.05, 4.69) is 39.7 Å². The smallest absolute Gasteiger partial charge is 0.254 e. The summed E-state index contributed by atoms with van der Waals surface area (Å²) < 4.78 is 5.33. The van der Waals surface area contributed by atoms with Gasteiger partial charge in [-0.25, -0.2) is 9.97 Å². The second-order valence-electron chi connectivity index (χ2n) is 7.01. The molecule has 6 nitrogen and oxygen atoms in total. The number of rotatable bonds is 7. The van der Waals surface area contributed by atoms with Gasteiger partial charge in [0.05, 0.1) is 12.7 Å². The van der Waals surface area contributed by atoms with Gasteiger partial charge in [0.1, 0.15) is 5.75 Å². The summed E-state index contributed by atoms with van der Waals surface area (Å²) in [4.78, 5) is 20.9. The average Bonchev–Trinajstić information content (AvgIpc) is 2.71. The molecule has 0 fully saturated rings. The molecule has 2 N–H and O–H groups in total. The lowest BCUT2D eigenvalue weighted by molar-refractivity contribution is 0.0953. The Hall–Kier alpha value is -3.41. The van der Waals surface area contributed by atoms with E-state index in [1.54, 1.807) is 7.11 Å². The zero-order valence-electron chi connectivity index (χ0n) is 17.2. The van der Waals surface area contributed by atoms with E-state index in [9.17, 15) is 4.79 Å². The Morgan fingerprint density at radius 1 is 1.03 bits per heavy atom. The van der Waals surface area contributed by atoms with Crippen molar-refractivity contribution in [2.75, 3.05) is 19.0 Å². The van der Waals surface area contributed by atoms with Gasteiger partial charge >= 0.3 is 0 Å². The van der Waals surface area contributed by atoms with E-state index < -0.39 is 0 Å². The van der Waals surface area contributed by atoms with Gasteiger partial charge in [0.15, 0.2) is 0 Å². The third-order valence-electron chi connectivity index (χ3n) is 4.70. The van der Waals surface area contributed by atoms with Crippen LogP contribution in [0.2, 0.25) is 0 Å². The molecule has 29 heavy (non-hydrogen) atoms. The molecule has 0 aliphatic rings. The number of hydrogen-bond acceptors (Lipinski definition) is 5. The second-order valence-corrected chi connectivity index (χ2v) is 7.01. The lowest BCUT2D eigenvalue weighted by atomic mass is 10.1. The minimum atomic E-state index is -0.200. The topological polar surface area (TPSA) is 76.1 Å². The van der Waals surface area contributed by atoms with Crippen LogP contribution in [0.3, 0.4) is 0 Å². The van der Waals surface area contributed by atoms with Crippen LogP contribution in [0.4, 0.5) is 11.6 Å².